The molecule has 2 heterocycles. The summed E-state index contributed by atoms with van der Waals surface area (Å²) >= 11 is 1.69. The standard InChI is InChI=1S/C16H18N2O2S/c19-16(20)13-4-1-3-12(7-13)14-5-2-6-18(9-14)10-15-8-17-11-21-15/h1,3-4,7-8,11,14H,2,5-6,9-10H2,(H,19,20). The zero-order chi connectivity index (χ0) is 14.7. The lowest BCUT2D eigenvalue weighted by Crippen LogP contribution is -2.33. The molecule has 21 heavy (non-hydrogen) atoms. The van der Waals surface area contributed by atoms with E-state index in [4.69, 9.17) is 5.11 Å². The van der Waals surface area contributed by atoms with Crippen LogP contribution in [0.25, 0.3) is 0 Å². The molecule has 1 atom stereocenters. The third kappa shape index (κ3) is 3.49. The van der Waals surface area contributed by atoms with Crippen LogP contribution in [0.3, 0.4) is 0 Å². The number of thiazole rings is 1. The van der Waals surface area contributed by atoms with E-state index in [1.165, 1.54) is 4.88 Å². The molecule has 1 unspecified atom stereocenters. The van der Waals surface area contributed by atoms with Crippen molar-refractivity contribution in [1.82, 2.24) is 9.88 Å². The lowest BCUT2D eigenvalue weighted by molar-refractivity contribution is 0.0696. The first-order valence-electron chi connectivity index (χ1n) is 7.15. The molecule has 0 bridgehead atoms. The molecule has 1 N–H and O–H groups in total. The summed E-state index contributed by atoms with van der Waals surface area (Å²) in [5.41, 5.74) is 3.39. The summed E-state index contributed by atoms with van der Waals surface area (Å²) in [6.07, 6.45) is 4.21. The van der Waals surface area contributed by atoms with Crippen molar-refractivity contribution in [2.75, 3.05) is 13.1 Å². The molecule has 1 aliphatic heterocycles. The molecule has 1 aromatic carbocycles. The fraction of sp³-hybridized carbons (Fsp3) is 0.375. The van der Waals surface area contributed by atoms with E-state index in [1.807, 2.05) is 29.9 Å². The Morgan fingerprint density at radius 1 is 1.48 bits per heavy atom. The van der Waals surface area contributed by atoms with Crippen LogP contribution in [0.5, 0.6) is 0 Å². The van der Waals surface area contributed by atoms with Gasteiger partial charge in [0.1, 0.15) is 0 Å². The number of piperidine rings is 1. The van der Waals surface area contributed by atoms with E-state index in [1.54, 1.807) is 17.4 Å². The summed E-state index contributed by atoms with van der Waals surface area (Å²) in [5.74, 6) is -0.430. The van der Waals surface area contributed by atoms with Crippen LogP contribution in [-0.2, 0) is 6.54 Å². The van der Waals surface area contributed by atoms with Gasteiger partial charge in [0, 0.05) is 24.2 Å². The number of carbonyl (C=O) groups is 1. The summed E-state index contributed by atoms with van der Waals surface area (Å²) in [6.45, 7) is 3.04. The average Bonchev–Trinajstić information content (AvgIpc) is 3.00. The molecule has 1 fully saturated rings. The Bertz CT molecular complexity index is 612. The van der Waals surface area contributed by atoms with Crippen molar-refractivity contribution in [1.29, 1.82) is 0 Å². The summed E-state index contributed by atoms with van der Waals surface area (Å²) in [6, 6.07) is 7.38. The molecule has 5 heteroatoms. The van der Waals surface area contributed by atoms with Crippen LogP contribution in [0.4, 0.5) is 0 Å². The van der Waals surface area contributed by atoms with Crippen LogP contribution in [-0.4, -0.2) is 34.0 Å². The van der Waals surface area contributed by atoms with Gasteiger partial charge in [-0.3, -0.25) is 9.88 Å². The van der Waals surface area contributed by atoms with Gasteiger partial charge in [-0.1, -0.05) is 12.1 Å². The molecule has 0 aliphatic carbocycles. The van der Waals surface area contributed by atoms with Gasteiger partial charge in [-0.2, -0.15) is 0 Å². The highest BCUT2D eigenvalue weighted by atomic mass is 32.1. The SMILES string of the molecule is O=C(O)c1cccc(C2CCCN(Cc3cncs3)C2)c1. The minimum atomic E-state index is -0.853. The lowest BCUT2D eigenvalue weighted by atomic mass is 9.89. The van der Waals surface area contributed by atoms with Gasteiger partial charge in [0.15, 0.2) is 0 Å². The summed E-state index contributed by atoms with van der Waals surface area (Å²) < 4.78 is 0. The third-order valence-electron chi connectivity index (χ3n) is 3.97. The maximum atomic E-state index is 11.1. The van der Waals surface area contributed by atoms with E-state index in [-0.39, 0.29) is 0 Å². The number of carboxylic acids is 1. The van der Waals surface area contributed by atoms with Gasteiger partial charge in [-0.05, 0) is 43.0 Å². The number of likely N-dealkylation sites (tertiary alicyclic amines) is 1. The third-order valence-corrected chi connectivity index (χ3v) is 4.74. The lowest BCUT2D eigenvalue weighted by Gasteiger charge is -2.32. The summed E-state index contributed by atoms with van der Waals surface area (Å²) in [5, 5.41) is 9.11. The maximum absolute atomic E-state index is 11.1. The van der Waals surface area contributed by atoms with Gasteiger partial charge in [-0.15, -0.1) is 11.3 Å². The first kappa shape index (κ1) is 14.2. The molecule has 110 valence electrons. The number of aromatic nitrogens is 1. The fourth-order valence-corrected chi connectivity index (χ4v) is 3.57. The van der Waals surface area contributed by atoms with Gasteiger partial charge in [0.2, 0.25) is 0 Å². The van der Waals surface area contributed by atoms with E-state index >= 15 is 0 Å². The summed E-state index contributed by atoms with van der Waals surface area (Å²) in [4.78, 5) is 18.9. The normalized spacial score (nSPS) is 19.5. The highest BCUT2D eigenvalue weighted by Crippen LogP contribution is 2.28. The van der Waals surface area contributed by atoms with E-state index in [0.717, 1.165) is 38.0 Å². The molecular formula is C16H18N2O2S. The van der Waals surface area contributed by atoms with Gasteiger partial charge in [0.25, 0.3) is 0 Å². The molecule has 1 aromatic heterocycles. The predicted octanol–water partition coefficient (Wildman–Crippen LogP) is 3.22. The smallest absolute Gasteiger partial charge is 0.335 e. The number of aromatic carboxylic acids is 1. The Labute approximate surface area is 128 Å². The van der Waals surface area contributed by atoms with Crippen molar-refractivity contribution in [2.24, 2.45) is 0 Å². The monoisotopic (exact) mass is 302 g/mol. The Balaban J connectivity index is 1.70. The molecule has 4 nitrogen and oxygen atoms in total. The number of nitrogens with zero attached hydrogens (tertiary/aromatic N) is 2. The van der Waals surface area contributed by atoms with Crippen LogP contribution >= 0.6 is 11.3 Å². The Kier molecular flexibility index (Phi) is 4.31. The largest absolute Gasteiger partial charge is 0.478 e. The van der Waals surface area contributed by atoms with Crippen LogP contribution in [0.15, 0.2) is 36.0 Å². The zero-order valence-corrected chi connectivity index (χ0v) is 12.6. The Morgan fingerprint density at radius 3 is 3.14 bits per heavy atom. The average molecular weight is 302 g/mol. The van der Waals surface area contributed by atoms with Gasteiger partial charge >= 0.3 is 5.97 Å². The summed E-state index contributed by atoms with van der Waals surface area (Å²) in [7, 11) is 0. The first-order valence-corrected chi connectivity index (χ1v) is 8.03. The Hall–Kier alpha value is -1.72. The van der Waals surface area contributed by atoms with Gasteiger partial charge in [0.05, 0.1) is 11.1 Å². The number of hydrogen-bond acceptors (Lipinski definition) is 4. The second kappa shape index (κ2) is 6.37. The number of rotatable bonds is 4. The van der Waals surface area contributed by atoms with Crippen molar-refractivity contribution in [3.8, 4) is 0 Å². The molecule has 0 radical (unpaired) electrons. The van der Waals surface area contributed by atoms with Crippen LogP contribution in [0.1, 0.15) is 39.6 Å². The van der Waals surface area contributed by atoms with E-state index in [0.29, 0.717) is 11.5 Å². The molecule has 1 aliphatic rings. The number of carboxylic acid groups (broad SMARTS) is 1. The van der Waals surface area contributed by atoms with E-state index in [2.05, 4.69) is 9.88 Å². The highest BCUT2D eigenvalue weighted by molar-refractivity contribution is 7.09. The molecule has 3 rings (SSSR count). The topological polar surface area (TPSA) is 53.4 Å². The first-order chi connectivity index (χ1) is 10.2. The van der Waals surface area contributed by atoms with Crippen LogP contribution in [0.2, 0.25) is 0 Å². The van der Waals surface area contributed by atoms with E-state index < -0.39 is 5.97 Å². The quantitative estimate of drug-likeness (QED) is 0.942. The van der Waals surface area contributed by atoms with Crippen molar-refractivity contribution < 1.29 is 9.90 Å². The maximum Gasteiger partial charge on any atom is 0.335 e. The number of hydrogen-bond donors (Lipinski definition) is 1. The Morgan fingerprint density at radius 2 is 2.38 bits per heavy atom. The van der Waals surface area contributed by atoms with Crippen LogP contribution in [0, 0.1) is 0 Å². The van der Waals surface area contributed by atoms with Gasteiger partial charge in [-0.25, -0.2) is 4.79 Å². The molecule has 1 saturated heterocycles. The minimum Gasteiger partial charge on any atom is -0.478 e. The highest BCUT2D eigenvalue weighted by Gasteiger charge is 2.22. The number of benzene rings is 1. The molecule has 0 saturated carbocycles. The fourth-order valence-electron chi connectivity index (χ4n) is 2.94. The zero-order valence-electron chi connectivity index (χ0n) is 11.7. The van der Waals surface area contributed by atoms with Crippen molar-refractivity contribution in [3.63, 3.8) is 0 Å². The van der Waals surface area contributed by atoms with Crippen molar-refractivity contribution >= 4 is 17.3 Å². The second-order valence-corrected chi connectivity index (χ2v) is 6.44. The molecule has 0 amide bonds. The molecule has 2 aromatic rings. The van der Waals surface area contributed by atoms with E-state index in [9.17, 15) is 4.79 Å². The molecular weight excluding hydrogens is 284 g/mol. The van der Waals surface area contributed by atoms with Crippen LogP contribution < -0.4 is 0 Å². The molecule has 0 spiro atoms. The predicted molar refractivity (Wildman–Crippen MR) is 82.8 cm³/mol. The van der Waals surface area contributed by atoms with Crippen molar-refractivity contribution in [2.45, 2.75) is 25.3 Å². The van der Waals surface area contributed by atoms with Gasteiger partial charge < -0.3 is 5.11 Å². The minimum absolute atomic E-state index is 0.382. The van der Waals surface area contributed by atoms with Crippen molar-refractivity contribution in [3.05, 3.63) is 52.0 Å². The second-order valence-electron chi connectivity index (χ2n) is 5.47.